The van der Waals surface area contributed by atoms with Crippen molar-refractivity contribution in [1.82, 2.24) is 20.2 Å². The molecule has 0 aromatic carbocycles. The van der Waals surface area contributed by atoms with E-state index in [-0.39, 0.29) is 10.4 Å². The zero-order chi connectivity index (χ0) is 14.1. The monoisotopic (exact) mass is 286 g/mol. The van der Waals surface area contributed by atoms with Crippen molar-refractivity contribution in [1.29, 1.82) is 0 Å². The van der Waals surface area contributed by atoms with Crippen LogP contribution in [0.2, 0.25) is 0 Å². The van der Waals surface area contributed by atoms with Crippen LogP contribution in [-0.2, 0) is 16.6 Å². The van der Waals surface area contributed by atoms with Crippen molar-refractivity contribution in [2.75, 3.05) is 6.54 Å². The summed E-state index contributed by atoms with van der Waals surface area (Å²) in [6, 6.07) is 0.295. The average Bonchev–Trinajstić information content (AvgIpc) is 2.89. The molecule has 1 fully saturated rings. The molecule has 19 heavy (non-hydrogen) atoms. The average molecular weight is 286 g/mol. The van der Waals surface area contributed by atoms with Gasteiger partial charge >= 0.3 is 0 Å². The Balaban J connectivity index is 2.05. The Hall–Kier alpha value is -0.920. The number of hydrogen-bond acceptors (Lipinski definition) is 4. The summed E-state index contributed by atoms with van der Waals surface area (Å²) in [6.07, 6.45) is 3.73. The first-order valence-electron chi connectivity index (χ1n) is 6.58. The zero-order valence-electron chi connectivity index (χ0n) is 11.7. The smallest absolute Gasteiger partial charge is 0.257 e. The molecule has 1 aliphatic carbocycles. The summed E-state index contributed by atoms with van der Waals surface area (Å²) >= 11 is 0. The molecular formula is C12H22N4O2S. The molecule has 1 saturated carbocycles. The Morgan fingerprint density at radius 2 is 2.16 bits per heavy atom. The molecule has 0 radical (unpaired) electrons. The highest BCUT2D eigenvalue weighted by Crippen LogP contribution is 2.44. The lowest BCUT2D eigenvalue weighted by Gasteiger charge is -2.12. The molecule has 0 bridgehead atoms. The van der Waals surface area contributed by atoms with E-state index < -0.39 is 10.0 Å². The quantitative estimate of drug-likeness (QED) is 0.697. The molecule has 7 heteroatoms. The number of aromatic nitrogens is 2. The molecule has 2 rings (SSSR count). The van der Waals surface area contributed by atoms with E-state index in [4.69, 9.17) is 0 Å². The summed E-state index contributed by atoms with van der Waals surface area (Å²) in [4.78, 5) is 0. The van der Waals surface area contributed by atoms with Crippen molar-refractivity contribution in [3.63, 3.8) is 0 Å². The van der Waals surface area contributed by atoms with Gasteiger partial charge in [0.15, 0.2) is 5.03 Å². The summed E-state index contributed by atoms with van der Waals surface area (Å²) in [6.45, 7) is 7.09. The van der Waals surface area contributed by atoms with Crippen LogP contribution in [0.5, 0.6) is 0 Å². The van der Waals surface area contributed by atoms with E-state index in [0.29, 0.717) is 24.7 Å². The van der Waals surface area contributed by atoms with Crippen LogP contribution in [0.4, 0.5) is 0 Å². The van der Waals surface area contributed by atoms with E-state index in [2.05, 4.69) is 27.2 Å². The minimum absolute atomic E-state index is 0.142. The van der Waals surface area contributed by atoms with Gasteiger partial charge in [-0.2, -0.15) is 5.10 Å². The Morgan fingerprint density at radius 3 is 2.74 bits per heavy atom. The van der Waals surface area contributed by atoms with Crippen molar-refractivity contribution < 1.29 is 8.42 Å². The van der Waals surface area contributed by atoms with Gasteiger partial charge in [0.2, 0.25) is 0 Å². The number of nitrogens with one attached hydrogen (secondary N) is 3. The molecule has 0 saturated heterocycles. The number of H-pyrrole nitrogens is 1. The van der Waals surface area contributed by atoms with Crippen LogP contribution in [0, 0.1) is 5.41 Å². The number of rotatable bonds is 7. The van der Waals surface area contributed by atoms with E-state index in [0.717, 1.165) is 12.8 Å². The van der Waals surface area contributed by atoms with Gasteiger partial charge in [-0.05, 0) is 18.3 Å². The maximum atomic E-state index is 12.2. The zero-order valence-corrected chi connectivity index (χ0v) is 12.5. The fraction of sp³-hybridized carbons (Fsp3) is 0.750. The predicted octanol–water partition coefficient (Wildman–Crippen LogP) is 0.986. The molecule has 3 N–H and O–H groups in total. The molecule has 1 aromatic rings. The SMILES string of the molecule is CC(C)NCc1cn[nH]c1S(=O)(=O)NCC1(C)CC1. The summed E-state index contributed by atoms with van der Waals surface area (Å²) in [5, 5.41) is 9.79. The topological polar surface area (TPSA) is 86.9 Å². The first-order valence-corrected chi connectivity index (χ1v) is 8.06. The maximum Gasteiger partial charge on any atom is 0.257 e. The molecular weight excluding hydrogens is 264 g/mol. The van der Waals surface area contributed by atoms with Crippen LogP contribution in [-0.4, -0.2) is 31.2 Å². The first-order chi connectivity index (χ1) is 8.82. The van der Waals surface area contributed by atoms with E-state index >= 15 is 0 Å². The van der Waals surface area contributed by atoms with Crippen molar-refractivity contribution >= 4 is 10.0 Å². The standard InChI is InChI=1S/C12H22N4O2S/c1-9(2)13-6-10-7-14-16-11(10)19(17,18)15-8-12(3)4-5-12/h7,9,13,15H,4-6,8H2,1-3H3,(H,14,16). The van der Waals surface area contributed by atoms with Gasteiger partial charge in [0.05, 0.1) is 6.20 Å². The van der Waals surface area contributed by atoms with Crippen LogP contribution in [0.25, 0.3) is 0 Å². The maximum absolute atomic E-state index is 12.2. The Bertz CT molecular complexity index is 532. The molecule has 1 heterocycles. The highest BCUT2D eigenvalue weighted by Gasteiger charge is 2.38. The number of nitrogens with zero attached hydrogens (tertiary/aromatic N) is 1. The predicted molar refractivity (Wildman–Crippen MR) is 73.1 cm³/mol. The highest BCUT2D eigenvalue weighted by molar-refractivity contribution is 7.89. The molecule has 6 nitrogen and oxygen atoms in total. The van der Waals surface area contributed by atoms with Gasteiger partial charge in [-0.25, -0.2) is 13.1 Å². The molecule has 108 valence electrons. The normalized spacial score (nSPS) is 17.9. The van der Waals surface area contributed by atoms with Crippen molar-refractivity contribution in [2.45, 2.75) is 51.2 Å². The van der Waals surface area contributed by atoms with E-state index in [9.17, 15) is 8.42 Å². The molecule has 1 aliphatic rings. The number of aromatic amines is 1. The summed E-state index contributed by atoms with van der Waals surface area (Å²) in [5.74, 6) is 0. The van der Waals surface area contributed by atoms with Crippen molar-refractivity contribution in [2.24, 2.45) is 5.41 Å². The third-order valence-corrected chi connectivity index (χ3v) is 4.86. The second-order valence-corrected chi connectivity index (χ2v) is 7.60. The van der Waals surface area contributed by atoms with Crippen LogP contribution in [0.15, 0.2) is 11.2 Å². The minimum atomic E-state index is -3.50. The minimum Gasteiger partial charge on any atom is -0.310 e. The number of sulfonamides is 1. The summed E-state index contributed by atoms with van der Waals surface area (Å²) < 4.78 is 27.1. The second-order valence-electron chi connectivity index (χ2n) is 5.90. The molecule has 1 aromatic heterocycles. The van der Waals surface area contributed by atoms with Gasteiger partial charge in [-0.15, -0.1) is 0 Å². The van der Waals surface area contributed by atoms with Crippen LogP contribution in [0.1, 0.15) is 39.2 Å². The van der Waals surface area contributed by atoms with Gasteiger partial charge in [-0.3, -0.25) is 5.10 Å². The fourth-order valence-electron chi connectivity index (χ4n) is 1.70. The molecule has 0 spiro atoms. The van der Waals surface area contributed by atoms with Gasteiger partial charge < -0.3 is 5.32 Å². The van der Waals surface area contributed by atoms with E-state index in [1.807, 2.05) is 13.8 Å². The van der Waals surface area contributed by atoms with Crippen LogP contribution in [0.3, 0.4) is 0 Å². The van der Waals surface area contributed by atoms with Crippen LogP contribution < -0.4 is 10.0 Å². The lowest BCUT2D eigenvalue weighted by molar-refractivity contribution is 0.525. The van der Waals surface area contributed by atoms with E-state index in [1.54, 1.807) is 6.20 Å². The van der Waals surface area contributed by atoms with Crippen LogP contribution >= 0.6 is 0 Å². The van der Waals surface area contributed by atoms with E-state index in [1.165, 1.54) is 0 Å². The largest absolute Gasteiger partial charge is 0.310 e. The summed E-state index contributed by atoms with van der Waals surface area (Å²) in [7, 11) is -3.50. The Morgan fingerprint density at radius 1 is 1.47 bits per heavy atom. The summed E-state index contributed by atoms with van der Waals surface area (Å²) in [5.41, 5.74) is 0.811. The van der Waals surface area contributed by atoms with Gasteiger partial charge in [0.25, 0.3) is 10.0 Å². The lowest BCUT2D eigenvalue weighted by atomic mass is 10.2. The lowest BCUT2D eigenvalue weighted by Crippen LogP contribution is -2.31. The van der Waals surface area contributed by atoms with Gasteiger partial charge in [-0.1, -0.05) is 20.8 Å². The third kappa shape index (κ3) is 3.77. The molecule has 0 unspecified atom stereocenters. The molecule has 0 atom stereocenters. The van der Waals surface area contributed by atoms with Crippen molar-refractivity contribution in [3.05, 3.63) is 11.8 Å². The molecule has 0 aliphatic heterocycles. The Labute approximate surface area is 114 Å². The second kappa shape index (κ2) is 5.22. The Kier molecular flexibility index (Phi) is 3.98. The first kappa shape index (κ1) is 14.5. The number of hydrogen-bond donors (Lipinski definition) is 3. The van der Waals surface area contributed by atoms with Gasteiger partial charge in [0.1, 0.15) is 0 Å². The third-order valence-electron chi connectivity index (χ3n) is 3.44. The highest BCUT2D eigenvalue weighted by atomic mass is 32.2. The molecule has 0 amide bonds. The van der Waals surface area contributed by atoms with Gasteiger partial charge in [0, 0.05) is 24.7 Å². The fourth-order valence-corrected chi connectivity index (χ4v) is 3.03. The van der Waals surface area contributed by atoms with Crippen molar-refractivity contribution in [3.8, 4) is 0 Å².